The predicted molar refractivity (Wildman–Crippen MR) is 120 cm³/mol. The summed E-state index contributed by atoms with van der Waals surface area (Å²) in [5.74, 6) is 1.95. The lowest BCUT2D eigenvalue weighted by Crippen LogP contribution is -2.50. The molecule has 1 saturated heterocycles. The summed E-state index contributed by atoms with van der Waals surface area (Å²) < 4.78 is 10.9. The van der Waals surface area contributed by atoms with Crippen LogP contribution < -0.4 is 9.47 Å². The van der Waals surface area contributed by atoms with Gasteiger partial charge in [0.1, 0.15) is 17.2 Å². The number of nitrogens with zero attached hydrogens (tertiary/aromatic N) is 2. The molecule has 4 rings (SSSR count). The number of methoxy groups -OCH3 is 2. The van der Waals surface area contributed by atoms with Gasteiger partial charge in [-0.25, -0.2) is 0 Å². The largest absolute Gasteiger partial charge is 0.508 e. The van der Waals surface area contributed by atoms with Gasteiger partial charge in [0.05, 0.1) is 14.2 Å². The highest BCUT2D eigenvalue weighted by molar-refractivity contribution is 5.73. The number of piperazine rings is 1. The van der Waals surface area contributed by atoms with E-state index in [0.717, 1.165) is 67.0 Å². The Hall–Kier alpha value is -2.24. The van der Waals surface area contributed by atoms with E-state index in [4.69, 9.17) is 9.47 Å². The minimum Gasteiger partial charge on any atom is -0.508 e. The number of phenols is 1. The van der Waals surface area contributed by atoms with E-state index in [2.05, 4.69) is 15.9 Å². The number of benzene rings is 2. The Morgan fingerprint density at radius 2 is 1.67 bits per heavy atom. The molecule has 2 aliphatic rings. The van der Waals surface area contributed by atoms with E-state index in [9.17, 15) is 5.11 Å². The van der Waals surface area contributed by atoms with Crippen molar-refractivity contribution in [2.24, 2.45) is 0 Å². The van der Waals surface area contributed by atoms with E-state index in [-0.39, 0.29) is 0 Å². The molecule has 1 aliphatic carbocycles. The highest BCUT2D eigenvalue weighted by Crippen LogP contribution is 2.36. The summed E-state index contributed by atoms with van der Waals surface area (Å²) in [5, 5.41) is 10.5. The Labute approximate surface area is 180 Å². The average molecular weight is 411 g/mol. The van der Waals surface area contributed by atoms with Crippen LogP contribution in [-0.2, 0) is 6.54 Å². The van der Waals surface area contributed by atoms with Gasteiger partial charge in [-0.15, -0.1) is 0 Å². The molecule has 0 unspecified atom stereocenters. The SMILES string of the molecule is COc1ccc(OC)c(-c2ccc(O)c(CN3CCN(C4CCCCC4)CC3)c2)c1. The first-order valence-corrected chi connectivity index (χ1v) is 11.2. The van der Waals surface area contributed by atoms with Gasteiger partial charge in [0.25, 0.3) is 0 Å². The van der Waals surface area contributed by atoms with E-state index < -0.39 is 0 Å². The first kappa shape index (κ1) is 21.0. The van der Waals surface area contributed by atoms with Crippen molar-refractivity contribution in [3.8, 4) is 28.4 Å². The van der Waals surface area contributed by atoms with Crippen molar-refractivity contribution in [1.82, 2.24) is 9.80 Å². The van der Waals surface area contributed by atoms with Crippen molar-refractivity contribution in [2.45, 2.75) is 44.7 Å². The van der Waals surface area contributed by atoms with Crippen LogP contribution >= 0.6 is 0 Å². The monoisotopic (exact) mass is 410 g/mol. The Bertz CT molecular complexity index is 840. The average Bonchev–Trinajstić information content (AvgIpc) is 2.81. The molecule has 1 N–H and O–H groups in total. The van der Waals surface area contributed by atoms with Crippen LogP contribution in [0.15, 0.2) is 36.4 Å². The van der Waals surface area contributed by atoms with Crippen molar-refractivity contribution in [3.63, 3.8) is 0 Å². The molecular formula is C25H34N2O3. The van der Waals surface area contributed by atoms with Crippen LogP contribution in [0.3, 0.4) is 0 Å². The van der Waals surface area contributed by atoms with Crippen LogP contribution in [0.5, 0.6) is 17.2 Å². The smallest absolute Gasteiger partial charge is 0.126 e. The summed E-state index contributed by atoms with van der Waals surface area (Å²) in [5.41, 5.74) is 2.96. The number of hydrogen-bond acceptors (Lipinski definition) is 5. The van der Waals surface area contributed by atoms with E-state index >= 15 is 0 Å². The van der Waals surface area contributed by atoms with Crippen molar-refractivity contribution < 1.29 is 14.6 Å². The van der Waals surface area contributed by atoms with Crippen molar-refractivity contribution in [3.05, 3.63) is 42.0 Å². The van der Waals surface area contributed by atoms with Gasteiger partial charge in [-0.2, -0.15) is 0 Å². The highest BCUT2D eigenvalue weighted by Gasteiger charge is 2.25. The molecule has 0 bridgehead atoms. The molecule has 1 heterocycles. The number of aromatic hydroxyl groups is 1. The molecule has 5 heteroatoms. The molecule has 0 amide bonds. The standard InChI is InChI=1S/C25H34N2O3/c1-29-22-9-11-25(30-2)23(17-22)19-8-10-24(28)20(16-19)18-26-12-14-27(15-13-26)21-6-4-3-5-7-21/h8-11,16-17,21,28H,3-7,12-15,18H2,1-2H3. The number of hydrogen-bond donors (Lipinski definition) is 1. The summed E-state index contributed by atoms with van der Waals surface area (Å²) in [6, 6.07) is 12.4. The Morgan fingerprint density at radius 1 is 0.900 bits per heavy atom. The molecule has 1 aliphatic heterocycles. The second kappa shape index (κ2) is 9.71. The van der Waals surface area contributed by atoms with Crippen LogP contribution in [0.1, 0.15) is 37.7 Å². The third kappa shape index (κ3) is 4.73. The predicted octanol–water partition coefficient (Wildman–Crippen LogP) is 4.53. The highest BCUT2D eigenvalue weighted by atomic mass is 16.5. The quantitative estimate of drug-likeness (QED) is 0.758. The zero-order valence-corrected chi connectivity index (χ0v) is 18.3. The Morgan fingerprint density at radius 3 is 2.37 bits per heavy atom. The molecule has 2 fully saturated rings. The fraction of sp³-hybridized carbons (Fsp3) is 0.520. The number of phenolic OH excluding ortho intramolecular Hbond substituents is 1. The maximum absolute atomic E-state index is 10.5. The van der Waals surface area contributed by atoms with Gasteiger partial charge in [0, 0.05) is 49.9 Å². The molecule has 30 heavy (non-hydrogen) atoms. The van der Waals surface area contributed by atoms with Gasteiger partial charge in [-0.05, 0) is 48.7 Å². The fourth-order valence-corrected chi connectivity index (χ4v) is 4.89. The van der Waals surface area contributed by atoms with E-state index in [1.807, 2.05) is 24.3 Å². The third-order valence-corrected chi connectivity index (χ3v) is 6.69. The molecule has 1 saturated carbocycles. The minimum absolute atomic E-state index is 0.357. The first-order valence-electron chi connectivity index (χ1n) is 11.2. The molecule has 0 spiro atoms. The molecule has 2 aromatic carbocycles. The topological polar surface area (TPSA) is 45.2 Å². The van der Waals surface area contributed by atoms with E-state index in [1.165, 1.54) is 32.1 Å². The molecule has 162 valence electrons. The first-order chi connectivity index (χ1) is 14.7. The van der Waals surface area contributed by atoms with Crippen molar-refractivity contribution in [1.29, 1.82) is 0 Å². The minimum atomic E-state index is 0.357. The van der Waals surface area contributed by atoms with Crippen molar-refractivity contribution >= 4 is 0 Å². The number of rotatable bonds is 6. The van der Waals surface area contributed by atoms with Gasteiger partial charge >= 0.3 is 0 Å². The second-order valence-electron chi connectivity index (χ2n) is 8.51. The van der Waals surface area contributed by atoms with Crippen LogP contribution in [-0.4, -0.2) is 61.3 Å². The van der Waals surface area contributed by atoms with Crippen molar-refractivity contribution in [2.75, 3.05) is 40.4 Å². The lowest BCUT2D eigenvalue weighted by Gasteiger charge is -2.40. The Balaban J connectivity index is 1.46. The van der Waals surface area contributed by atoms with Gasteiger partial charge in [-0.1, -0.05) is 25.3 Å². The summed E-state index contributed by atoms with van der Waals surface area (Å²) in [6.45, 7) is 5.15. The molecule has 0 atom stereocenters. The summed E-state index contributed by atoms with van der Waals surface area (Å²) in [4.78, 5) is 5.15. The third-order valence-electron chi connectivity index (χ3n) is 6.69. The van der Waals surface area contributed by atoms with Gasteiger partial charge in [0.2, 0.25) is 0 Å². The van der Waals surface area contributed by atoms with E-state index in [0.29, 0.717) is 5.75 Å². The van der Waals surface area contributed by atoms with Gasteiger partial charge in [-0.3, -0.25) is 9.80 Å². The normalized spacial score (nSPS) is 19.0. The molecule has 0 aromatic heterocycles. The van der Waals surface area contributed by atoms with Gasteiger partial charge in [0.15, 0.2) is 0 Å². The van der Waals surface area contributed by atoms with E-state index in [1.54, 1.807) is 20.3 Å². The van der Waals surface area contributed by atoms with Crippen LogP contribution in [0.25, 0.3) is 11.1 Å². The lowest BCUT2D eigenvalue weighted by molar-refractivity contribution is 0.0751. The maximum Gasteiger partial charge on any atom is 0.126 e. The summed E-state index contributed by atoms with van der Waals surface area (Å²) in [7, 11) is 3.35. The molecule has 5 nitrogen and oxygen atoms in total. The zero-order valence-electron chi connectivity index (χ0n) is 18.3. The van der Waals surface area contributed by atoms with Crippen LogP contribution in [0, 0.1) is 0 Å². The lowest BCUT2D eigenvalue weighted by atomic mass is 9.94. The second-order valence-corrected chi connectivity index (χ2v) is 8.51. The molecule has 0 radical (unpaired) electrons. The van der Waals surface area contributed by atoms with Crippen LogP contribution in [0.2, 0.25) is 0 Å². The summed E-state index contributed by atoms with van der Waals surface area (Å²) >= 11 is 0. The summed E-state index contributed by atoms with van der Waals surface area (Å²) in [6.07, 6.45) is 6.92. The van der Waals surface area contributed by atoms with Gasteiger partial charge < -0.3 is 14.6 Å². The zero-order chi connectivity index (χ0) is 20.9. The van der Waals surface area contributed by atoms with Crippen LogP contribution in [0.4, 0.5) is 0 Å². The number of ether oxygens (including phenoxy) is 2. The Kier molecular flexibility index (Phi) is 6.80. The fourth-order valence-electron chi connectivity index (χ4n) is 4.89. The molecule has 2 aromatic rings. The molecular weight excluding hydrogens is 376 g/mol. The maximum atomic E-state index is 10.5.